The minimum atomic E-state index is -0.907. The third-order valence-electron chi connectivity index (χ3n) is 3.00. The summed E-state index contributed by atoms with van der Waals surface area (Å²) in [5.41, 5.74) is 0.779. The molecule has 4 N–H and O–H groups in total. The summed E-state index contributed by atoms with van der Waals surface area (Å²) < 4.78 is 0. The van der Waals surface area contributed by atoms with Crippen molar-refractivity contribution in [2.75, 3.05) is 18.4 Å². The van der Waals surface area contributed by atoms with Crippen molar-refractivity contribution in [1.29, 1.82) is 0 Å². The van der Waals surface area contributed by atoms with E-state index in [0.29, 0.717) is 30.1 Å². The molecule has 0 bridgehead atoms. The van der Waals surface area contributed by atoms with Gasteiger partial charge in [-0.3, -0.25) is 9.59 Å². The molecule has 0 aliphatic heterocycles. The first-order chi connectivity index (χ1) is 11.3. The number of carbonyl (C=O) groups excluding carboxylic acids is 2. The van der Waals surface area contributed by atoms with Gasteiger partial charge in [0.15, 0.2) is 0 Å². The van der Waals surface area contributed by atoms with Crippen molar-refractivity contribution in [1.82, 2.24) is 10.6 Å². The molecule has 0 spiro atoms. The highest BCUT2D eigenvalue weighted by Crippen LogP contribution is 2.21. The summed E-state index contributed by atoms with van der Waals surface area (Å²) in [5.74, 6) is -0.841. The largest absolute Gasteiger partial charge is 0.481 e. The molecule has 1 aromatic carbocycles. The summed E-state index contributed by atoms with van der Waals surface area (Å²) in [6, 6.07) is 4.14. The monoisotopic (exact) mass is 355 g/mol. The van der Waals surface area contributed by atoms with E-state index >= 15 is 0 Å². The van der Waals surface area contributed by atoms with Gasteiger partial charge < -0.3 is 21.1 Å². The molecule has 0 heterocycles. The van der Waals surface area contributed by atoms with Crippen LogP contribution in [0.2, 0.25) is 5.02 Å². The number of rotatable bonds is 8. The van der Waals surface area contributed by atoms with Crippen LogP contribution in [-0.4, -0.2) is 36.1 Å². The van der Waals surface area contributed by atoms with E-state index in [1.807, 2.05) is 13.8 Å². The van der Waals surface area contributed by atoms with Crippen LogP contribution in [0.1, 0.15) is 37.0 Å². The highest BCUT2D eigenvalue weighted by atomic mass is 35.5. The second-order valence-corrected chi connectivity index (χ2v) is 6.08. The van der Waals surface area contributed by atoms with Crippen LogP contribution in [0.15, 0.2) is 18.2 Å². The molecule has 0 saturated heterocycles. The number of carboxylic acid groups (broad SMARTS) is 1. The van der Waals surface area contributed by atoms with Gasteiger partial charge in [-0.1, -0.05) is 25.4 Å². The number of nitrogens with one attached hydrogen (secondary N) is 3. The van der Waals surface area contributed by atoms with Crippen LogP contribution in [0.5, 0.6) is 0 Å². The van der Waals surface area contributed by atoms with Gasteiger partial charge in [0, 0.05) is 25.2 Å². The summed E-state index contributed by atoms with van der Waals surface area (Å²) in [4.78, 5) is 34.0. The van der Waals surface area contributed by atoms with Crippen molar-refractivity contribution in [3.8, 4) is 0 Å². The number of halogens is 1. The normalized spacial score (nSPS) is 10.3. The van der Waals surface area contributed by atoms with Crippen LogP contribution in [0, 0.1) is 5.92 Å². The molecule has 3 amide bonds. The SMILES string of the molecule is CC(C)CNC(=O)c1ccc(NC(=O)NCCCC(=O)O)cc1Cl. The Morgan fingerprint density at radius 3 is 2.50 bits per heavy atom. The standard InChI is InChI=1S/C16H22ClN3O4/c1-10(2)9-19-15(23)12-6-5-11(8-13(12)17)20-16(24)18-7-3-4-14(21)22/h5-6,8,10H,3-4,7,9H2,1-2H3,(H,19,23)(H,21,22)(H2,18,20,24). The maximum absolute atomic E-state index is 12.0. The maximum atomic E-state index is 12.0. The smallest absolute Gasteiger partial charge is 0.319 e. The zero-order valence-corrected chi connectivity index (χ0v) is 14.4. The van der Waals surface area contributed by atoms with Gasteiger partial charge in [-0.25, -0.2) is 4.79 Å². The molecule has 0 radical (unpaired) electrons. The number of carboxylic acids is 1. The summed E-state index contributed by atoms with van der Waals surface area (Å²) in [6.45, 7) is 4.78. The molecule has 0 saturated carbocycles. The number of urea groups is 1. The quantitative estimate of drug-likeness (QED) is 0.538. The van der Waals surface area contributed by atoms with Crippen LogP contribution in [0.4, 0.5) is 10.5 Å². The molecule has 0 fully saturated rings. The highest BCUT2D eigenvalue weighted by Gasteiger charge is 2.12. The fourth-order valence-electron chi connectivity index (χ4n) is 1.79. The lowest BCUT2D eigenvalue weighted by Crippen LogP contribution is -2.30. The van der Waals surface area contributed by atoms with Gasteiger partial charge in [0.05, 0.1) is 10.6 Å². The minimum absolute atomic E-state index is 0.00764. The average molecular weight is 356 g/mol. The fraction of sp³-hybridized carbons (Fsp3) is 0.438. The van der Waals surface area contributed by atoms with Gasteiger partial charge in [-0.05, 0) is 30.5 Å². The molecule has 0 aliphatic rings. The number of anilines is 1. The van der Waals surface area contributed by atoms with E-state index in [1.165, 1.54) is 12.1 Å². The summed E-state index contributed by atoms with van der Waals surface area (Å²) in [5, 5.41) is 16.6. The Labute approximate surface area is 145 Å². The number of hydrogen-bond donors (Lipinski definition) is 4. The number of carbonyl (C=O) groups is 3. The van der Waals surface area contributed by atoms with Gasteiger partial charge in [0.25, 0.3) is 5.91 Å². The Kier molecular flexibility index (Phi) is 8.05. The van der Waals surface area contributed by atoms with Crippen molar-refractivity contribution >= 4 is 35.2 Å². The van der Waals surface area contributed by atoms with E-state index in [4.69, 9.17) is 16.7 Å². The second kappa shape index (κ2) is 9.77. The van der Waals surface area contributed by atoms with E-state index in [2.05, 4.69) is 16.0 Å². The lowest BCUT2D eigenvalue weighted by Gasteiger charge is -2.11. The molecule has 1 aromatic rings. The number of aliphatic carboxylic acids is 1. The van der Waals surface area contributed by atoms with Crippen molar-refractivity contribution < 1.29 is 19.5 Å². The van der Waals surface area contributed by atoms with Crippen molar-refractivity contribution in [2.24, 2.45) is 5.92 Å². The number of hydrogen-bond acceptors (Lipinski definition) is 3. The Hall–Kier alpha value is -2.28. The van der Waals surface area contributed by atoms with E-state index in [0.717, 1.165) is 0 Å². The lowest BCUT2D eigenvalue weighted by molar-refractivity contribution is -0.137. The lowest BCUT2D eigenvalue weighted by atomic mass is 10.1. The van der Waals surface area contributed by atoms with E-state index in [-0.39, 0.29) is 23.9 Å². The molecule has 24 heavy (non-hydrogen) atoms. The topological polar surface area (TPSA) is 108 Å². The average Bonchev–Trinajstić information content (AvgIpc) is 2.49. The molecular formula is C16H22ClN3O4. The highest BCUT2D eigenvalue weighted by molar-refractivity contribution is 6.34. The molecule has 8 heteroatoms. The zero-order chi connectivity index (χ0) is 18.1. The predicted molar refractivity (Wildman–Crippen MR) is 92.5 cm³/mol. The molecule has 0 aromatic heterocycles. The summed E-state index contributed by atoms with van der Waals surface area (Å²) in [7, 11) is 0. The first-order valence-corrected chi connectivity index (χ1v) is 8.01. The fourth-order valence-corrected chi connectivity index (χ4v) is 2.05. The molecular weight excluding hydrogens is 334 g/mol. The van der Waals surface area contributed by atoms with Gasteiger partial charge in [-0.15, -0.1) is 0 Å². The van der Waals surface area contributed by atoms with Crippen LogP contribution >= 0.6 is 11.6 Å². The minimum Gasteiger partial charge on any atom is -0.481 e. The van der Waals surface area contributed by atoms with Gasteiger partial charge >= 0.3 is 12.0 Å². The van der Waals surface area contributed by atoms with Crippen LogP contribution < -0.4 is 16.0 Å². The van der Waals surface area contributed by atoms with E-state index in [1.54, 1.807) is 6.07 Å². The summed E-state index contributed by atoms with van der Waals surface area (Å²) >= 11 is 6.09. The molecule has 132 valence electrons. The first-order valence-electron chi connectivity index (χ1n) is 7.64. The van der Waals surface area contributed by atoms with Crippen molar-refractivity contribution in [2.45, 2.75) is 26.7 Å². The first kappa shape index (κ1) is 19.8. The molecule has 0 unspecified atom stereocenters. The third kappa shape index (κ3) is 7.32. The molecule has 1 rings (SSSR count). The van der Waals surface area contributed by atoms with Crippen molar-refractivity contribution in [3.05, 3.63) is 28.8 Å². The third-order valence-corrected chi connectivity index (χ3v) is 3.31. The van der Waals surface area contributed by atoms with Gasteiger partial charge in [-0.2, -0.15) is 0 Å². The Morgan fingerprint density at radius 2 is 1.92 bits per heavy atom. The van der Waals surface area contributed by atoms with E-state index in [9.17, 15) is 14.4 Å². The zero-order valence-electron chi connectivity index (χ0n) is 13.7. The summed E-state index contributed by atoms with van der Waals surface area (Å²) in [6.07, 6.45) is 0.338. The maximum Gasteiger partial charge on any atom is 0.319 e. The molecule has 0 aliphatic carbocycles. The van der Waals surface area contributed by atoms with Crippen molar-refractivity contribution in [3.63, 3.8) is 0 Å². The van der Waals surface area contributed by atoms with Crippen LogP contribution in [0.25, 0.3) is 0 Å². The molecule has 7 nitrogen and oxygen atoms in total. The number of benzene rings is 1. The predicted octanol–water partition coefficient (Wildman–Crippen LogP) is 2.71. The Bertz CT molecular complexity index is 605. The Balaban J connectivity index is 2.53. The van der Waals surface area contributed by atoms with Crippen LogP contribution in [-0.2, 0) is 4.79 Å². The Morgan fingerprint density at radius 1 is 1.21 bits per heavy atom. The number of amides is 3. The van der Waals surface area contributed by atoms with Gasteiger partial charge in [0.2, 0.25) is 0 Å². The second-order valence-electron chi connectivity index (χ2n) is 5.68. The van der Waals surface area contributed by atoms with Gasteiger partial charge in [0.1, 0.15) is 0 Å². The van der Waals surface area contributed by atoms with Crippen LogP contribution in [0.3, 0.4) is 0 Å². The molecule has 0 atom stereocenters. The van der Waals surface area contributed by atoms with E-state index < -0.39 is 12.0 Å².